The molecule has 0 aliphatic carbocycles. The monoisotopic (exact) mass is 246 g/mol. The maximum absolute atomic E-state index is 11.7. The number of carbonyl (C=O) groups excluding carboxylic acids is 1. The van der Waals surface area contributed by atoms with E-state index in [-0.39, 0.29) is 0 Å². The maximum atomic E-state index is 11.7. The number of hydrogen-bond acceptors (Lipinski definition) is 4. The normalized spacial score (nSPS) is 13.0. The summed E-state index contributed by atoms with van der Waals surface area (Å²) < 4.78 is 5.10. The summed E-state index contributed by atoms with van der Waals surface area (Å²) in [4.78, 5) is 23.8. The highest BCUT2D eigenvalue weighted by molar-refractivity contribution is 5.79. The van der Waals surface area contributed by atoms with Gasteiger partial charge in [-0.3, -0.25) is 4.90 Å². The number of likely N-dealkylation sites (N-methyl/N-ethyl adjacent to an activating group) is 1. The number of hydrogen-bond donors (Lipinski definition) is 2. The Hall–Kier alpha value is -1.30. The van der Waals surface area contributed by atoms with E-state index in [1.54, 1.807) is 20.8 Å². The van der Waals surface area contributed by atoms with Crippen LogP contribution in [0.25, 0.3) is 0 Å². The fraction of sp³-hybridized carbons (Fsp3) is 0.818. The van der Waals surface area contributed by atoms with Crippen molar-refractivity contribution in [3.8, 4) is 0 Å². The molecule has 0 aromatic carbocycles. The second-order valence-electron chi connectivity index (χ2n) is 4.88. The molecule has 0 fully saturated rings. The topological polar surface area (TPSA) is 92.9 Å². The number of amides is 1. The minimum atomic E-state index is -1.05. The Kier molecular flexibility index (Phi) is 5.95. The Balaban J connectivity index is 4.55. The van der Waals surface area contributed by atoms with E-state index < -0.39 is 23.7 Å². The van der Waals surface area contributed by atoms with Crippen molar-refractivity contribution in [1.82, 2.24) is 4.90 Å². The van der Waals surface area contributed by atoms with Gasteiger partial charge in [-0.1, -0.05) is 0 Å². The first-order valence-corrected chi connectivity index (χ1v) is 5.57. The third-order valence-electron chi connectivity index (χ3n) is 2.12. The highest BCUT2D eigenvalue weighted by Crippen LogP contribution is 2.13. The molecule has 17 heavy (non-hydrogen) atoms. The van der Waals surface area contributed by atoms with Gasteiger partial charge in [0.15, 0.2) is 0 Å². The Bertz CT molecular complexity index is 273. The van der Waals surface area contributed by atoms with Crippen LogP contribution in [0, 0.1) is 0 Å². The van der Waals surface area contributed by atoms with Crippen LogP contribution < -0.4 is 5.73 Å². The number of rotatable bonds is 5. The second-order valence-corrected chi connectivity index (χ2v) is 4.88. The van der Waals surface area contributed by atoms with E-state index in [0.29, 0.717) is 19.4 Å². The molecule has 0 spiro atoms. The zero-order valence-electron chi connectivity index (χ0n) is 10.9. The molecule has 6 nitrogen and oxygen atoms in total. The third kappa shape index (κ3) is 6.11. The van der Waals surface area contributed by atoms with Crippen LogP contribution in [0.1, 0.15) is 33.6 Å². The molecule has 0 aliphatic heterocycles. The van der Waals surface area contributed by atoms with Crippen LogP contribution in [0.3, 0.4) is 0 Å². The molecule has 0 saturated heterocycles. The molecule has 3 N–H and O–H groups in total. The quantitative estimate of drug-likeness (QED) is 0.756. The van der Waals surface area contributed by atoms with Crippen LogP contribution in [0.2, 0.25) is 0 Å². The van der Waals surface area contributed by atoms with Crippen LogP contribution in [0.15, 0.2) is 0 Å². The smallest absolute Gasteiger partial charge is 0.410 e. The summed E-state index contributed by atoms with van der Waals surface area (Å²) in [6.45, 7) is 5.59. The van der Waals surface area contributed by atoms with E-state index in [1.807, 2.05) is 0 Å². The fourth-order valence-electron chi connectivity index (χ4n) is 1.26. The van der Waals surface area contributed by atoms with Gasteiger partial charge in [-0.15, -0.1) is 0 Å². The lowest BCUT2D eigenvalue weighted by Crippen LogP contribution is -2.45. The number of carboxylic acid groups (broad SMARTS) is 1. The lowest BCUT2D eigenvalue weighted by Gasteiger charge is -2.28. The number of aliphatic carboxylic acids is 1. The SMILES string of the molecule is CN(C(=O)OC(C)(C)C)[C@@H](CCCN)C(=O)O. The van der Waals surface area contributed by atoms with E-state index in [0.717, 1.165) is 4.90 Å². The standard InChI is InChI=1S/C11H22N2O4/c1-11(2,3)17-10(16)13(4)8(9(14)15)6-5-7-12/h8H,5-7,12H2,1-4H3,(H,14,15)/t8-/m0/s1. The fourth-order valence-corrected chi connectivity index (χ4v) is 1.26. The maximum Gasteiger partial charge on any atom is 0.410 e. The predicted octanol–water partition coefficient (Wildman–Crippen LogP) is 1.05. The van der Waals surface area contributed by atoms with Crippen molar-refractivity contribution < 1.29 is 19.4 Å². The average molecular weight is 246 g/mol. The lowest BCUT2D eigenvalue weighted by atomic mass is 10.1. The van der Waals surface area contributed by atoms with Gasteiger partial charge in [0.1, 0.15) is 11.6 Å². The summed E-state index contributed by atoms with van der Waals surface area (Å²) in [5.41, 5.74) is 4.69. The second kappa shape index (κ2) is 6.44. The van der Waals surface area contributed by atoms with E-state index >= 15 is 0 Å². The van der Waals surface area contributed by atoms with Crippen LogP contribution in [0.4, 0.5) is 4.79 Å². The van der Waals surface area contributed by atoms with Crippen molar-refractivity contribution >= 4 is 12.1 Å². The van der Waals surface area contributed by atoms with E-state index in [4.69, 9.17) is 15.6 Å². The summed E-state index contributed by atoms with van der Waals surface area (Å²) in [6, 6.07) is -0.895. The van der Waals surface area contributed by atoms with Gasteiger partial charge < -0.3 is 15.6 Å². The van der Waals surface area contributed by atoms with E-state index in [2.05, 4.69) is 0 Å². The minimum Gasteiger partial charge on any atom is -0.480 e. The van der Waals surface area contributed by atoms with Crippen molar-refractivity contribution in [2.75, 3.05) is 13.6 Å². The number of nitrogens with two attached hydrogens (primary N) is 1. The molecule has 1 atom stereocenters. The molecule has 6 heteroatoms. The minimum absolute atomic E-state index is 0.321. The average Bonchev–Trinajstić information content (AvgIpc) is 2.14. The molecule has 100 valence electrons. The van der Waals surface area contributed by atoms with Crippen molar-refractivity contribution in [3.05, 3.63) is 0 Å². The molecular formula is C11H22N2O4. The van der Waals surface area contributed by atoms with Crippen LogP contribution >= 0.6 is 0 Å². The van der Waals surface area contributed by atoms with Gasteiger partial charge in [-0.2, -0.15) is 0 Å². The number of carbonyl (C=O) groups is 2. The number of ether oxygens (including phenoxy) is 1. The molecule has 0 unspecified atom stereocenters. The molecule has 0 bridgehead atoms. The molecule has 0 aliphatic rings. The van der Waals surface area contributed by atoms with Crippen molar-refractivity contribution in [2.45, 2.75) is 45.3 Å². The lowest BCUT2D eigenvalue weighted by molar-refractivity contribution is -0.142. The molecule has 0 heterocycles. The highest BCUT2D eigenvalue weighted by Gasteiger charge is 2.29. The Labute approximate surface area is 102 Å². The molecule has 0 saturated carbocycles. The van der Waals surface area contributed by atoms with Gasteiger partial charge in [0.25, 0.3) is 0 Å². The van der Waals surface area contributed by atoms with Gasteiger partial charge in [0.2, 0.25) is 0 Å². The van der Waals surface area contributed by atoms with Gasteiger partial charge in [0.05, 0.1) is 0 Å². The summed E-state index contributed by atoms with van der Waals surface area (Å²) >= 11 is 0. The molecule has 0 rings (SSSR count). The van der Waals surface area contributed by atoms with Gasteiger partial charge in [-0.25, -0.2) is 9.59 Å². The third-order valence-corrected chi connectivity index (χ3v) is 2.12. The first kappa shape index (κ1) is 15.7. The Morgan fingerprint density at radius 3 is 2.29 bits per heavy atom. The molecule has 0 aromatic rings. The van der Waals surface area contributed by atoms with Crippen molar-refractivity contribution in [1.29, 1.82) is 0 Å². The van der Waals surface area contributed by atoms with Crippen LogP contribution in [0.5, 0.6) is 0 Å². The molecule has 0 aromatic heterocycles. The zero-order chi connectivity index (χ0) is 13.6. The molecule has 1 amide bonds. The summed E-state index contributed by atoms with van der Waals surface area (Å²) in [7, 11) is 1.42. The largest absolute Gasteiger partial charge is 0.480 e. The molecular weight excluding hydrogens is 224 g/mol. The van der Waals surface area contributed by atoms with Gasteiger partial charge in [0, 0.05) is 7.05 Å². The first-order chi connectivity index (χ1) is 7.69. The van der Waals surface area contributed by atoms with E-state index in [9.17, 15) is 9.59 Å². The number of nitrogens with zero attached hydrogens (tertiary/aromatic N) is 1. The highest BCUT2D eigenvalue weighted by atomic mass is 16.6. The Morgan fingerprint density at radius 2 is 1.94 bits per heavy atom. The van der Waals surface area contributed by atoms with Gasteiger partial charge in [-0.05, 0) is 40.2 Å². The van der Waals surface area contributed by atoms with Crippen LogP contribution in [-0.4, -0.2) is 47.3 Å². The summed E-state index contributed by atoms with van der Waals surface area (Å²) in [6.07, 6.45) is 0.230. The predicted molar refractivity (Wildman–Crippen MR) is 63.7 cm³/mol. The number of carboxylic acids is 1. The molecule has 0 radical (unpaired) electrons. The van der Waals surface area contributed by atoms with Crippen molar-refractivity contribution in [3.63, 3.8) is 0 Å². The van der Waals surface area contributed by atoms with Gasteiger partial charge >= 0.3 is 12.1 Å². The first-order valence-electron chi connectivity index (χ1n) is 5.57. The van der Waals surface area contributed by atoms with Crippen molar-refractivity contribution in [2.24, 2.45) is 5.73 Å². The summed E-state index contributed by atoms with van der Waals surface area (Å²) in [5.74, 6) is -1.05. The van der Waals surface area contributed by atoms with Crippen LogP contribution in [-0.2, 0) is 9.53 Å². The Morgan fingerprint density at radius 1 is 1.41 bits per heavy atom. The van der Waals surface area contributed by atoms with E-state index in [1.165, 1.54) is 7.05 Å². The zero-order valence-corrected chi connectivity index (χ0v) is 10.9. The summed E-state index contributed by atoms with van der Waals surface area (Å²) in [5, 5.41) is 9.03.